The van der Waals surface area contributed by atoms with Crippen LogP contribution in [0.3, 0.4) is 0 Å². The number of aromatic hydroxyl groups is 1. The molecule has 32 heteroatoms. The zero-order valence-corrected chi connectivity index (χ0v) is 68.1. The summed E-state index contributed by atoms with van der Waals surface area (Å²) >= 11 is 6.26. The van der Waals surface area contributed by atoms with Gasteiger partial charge in [-0.05, 0) is 162 Å². The smallest absolute Gasteiger partial charge is 0.245 e. The van der Waals surface area contributed by atoms with Gasteiger partial charge >= 0.3 is 0 Å². The zero-order chi connectivity index (χ0) is 83.7. The van der Waals surface area contributed by atoms with Crippen LogP contribution in [0.5, 0.6) is 5.75 Å². The van der Waals surface area contributed by atoms with Crippen LogP contribution in [-0.4, -0.2) is 210 Å². The van der Waals surface area contributed by atoms with Gasteiger partial charge in [0.1, 0.15) is 66.2 Å². The maximum absolute atomic E-state index is 15.2. The van der Waals surface area contributed by atoms with Crippen molar-refractivity contribution < 1.29 is 63.0 Å². The lowest BCUT2D eigenvalue weighted by Crippen LogP contribution is -2.61. The fourth-order valence-corrected chi connectivity index (χ4v) is 12.8. The Kier molecular flexibility index (Phi) is 41.3. The van der Waals surface area contributed by atoms with E-state index in [2.05, 4.69) is 84.1 Å². The number of aliphatic imine (C=N–C) groups is 2. The van der Waals surface area contributed by atoms with Gasteiger partial charge in [-0.3, -0.25) is 67.7 Å². The summed E-state index contributed by atoms with van der Waals surface area (Å²) in [7, 11) is 0. The van der Waals surface area contributed by atoms with Crippen molar-refractivity contribution in [1.29, 1.82) is 0 Å². The number of likely N-dealkylation sites (tertiary alicyclic amines) is 1. The molecule has 10 atom stereocenters. The third kappa shape index (κ3) is 32.3. The number of hydrogen-bond acceptors (Lipinski definition) is 16. The van der Waals surface area contributed by atoms with E-state index in [1.165, 1.54) is 55.4 Å². The molecule has 2 heterocycles. The largest absolute Gasteiger partial charge is 0.508 e. The number of aromatic nitrogens is 1. The number of nitrogens with zero attached hydrogens (tertiary/aromatic N) is 4. The van der Waals surface area contributed by atoms with Crippen molar-refractivity contribution in [3.63, 3.8) is 0 Å². The molecule has 31 nitrogen and oxygen atoms in total. The van der Waals surface area contributed by atoms with Crippen molar-refractivity contribution in [2.45, 2.75) is 213 Å². The Morgan fingerprint density at radius 3 is 1.46 bits per heavy atom. The van der Waals surface area contributed by atoms with E-state index in [1.807, 2.05) is 97.9 Å². The maximum atomic E-state index is 15.2. The molecule has 0 saturated carbocycles. The van der Waals surface area contributed by atoms with Crippen LogP contribution in [0.1, 0.15) is 149 Å². The highest BCUT2D eigenvalue weighted by Gasteiger charge is 2.40. The summed E-state index contributed by atoms with van der Waals surface area (Å²) in [5, 5.41) is 60.9. The minimum absolute atomic E-state index is 0.0365. The maximum Gasteiger partial charge on any atom is 0.245 e. The number of rotatable bonds is 44. The second-order valence-corrected chi connectivity index (χ2v) is 28.5. The lowest BCUT2D eigenvalue weighted by Gasteiger charge is -2.31. The molecule has 4 aromatic carbocycles. The quantitative estimate of drug-likeness (QED) is 0.0151. The van der Waals surface area contributed by atoms with Gasteiger partial charge in [0, 0.05) is 95.8 Å². The average molecular weight is 1600 g/mol. The molecule has 0 spiro atoms. The van der Waals surface area contributed by atoms with E-state index < -0.39 is 132 Å². The van der Waals surface area contributed by atoms with E-state index in [9.17, 15) is 53.4 Å². The molecule has 1 fully saturated rings. The predicted molar refractivity (Wildman–Crippen MR) is 440 cm³/mol. The number of fused-ring (bicyclic) bond motifs is 1. The number of phenols is 1. The Balaban J connectivity index is 0.0000115. The van der Waals surface area contributed by atoms with Crippen molar-refractivity contribution in [2.24, 2.45) is 21.6 Å². The molecule has 114 heavy (non-hydrogen) atoms. The second-order valence-electron chi connectivity index (χ2n) is 28.0. The van der Waals surface area contributed by atoms with Crippen LogP contribution >= 0.6 is 11.6 Å². The zero-order valence-electron chi connectivity index (χ0n) is 67.3. The van der Waals surface area contributed by atoms with Gasteiger partial charge in [-0.15, -0.1) is 0 Å². The monoisotopic (exact) mass is 1600 g/mol. The van der Waals surface area contributed by atoms with E-state index in [-0.39, 0.29) is 76.0 Å². The third-order valence-electron chi connectivity index (χ3n) is 18.5. The van der Waals surface area contributed by atoms with Gasteiger partial charge in [-0.2, -0.15) is 0 Å². The SMILES string of the molecule is CC.CCNC(=NCCCC[C@H](NC(=O)[C@H](CC(C)C)NC(=O)[C@@H](CCCCN=C(NCC)NCC)NC(=O)[C@H](Cc1ccc(O)cc1)NC(=O)[C@H](CO)NC(=O)[C@@H](Cc1cccnc1)NC(=O)[C@@H](Cc1ccc(Cl)cc1)NC(=O)[C@@H](Cc1ccc2ccccc2c1)NC(C)=O)C(=O)N1CCC[C@H]1C(=O)N[C@H](C)C(N)=O)NCC. The number of carbonyl (C=O) groups is 11. The summed E-state index contributed by atoms with van der Waals surface area (Å²) in [5.41, 5.74) is 7.61. The molecule has 0 bridgehead atoms. The number of pyridine rings is 1. The number of benzene rings is 4. The standard InChI is InChI=1S/C80H113ClN18O13.C2H6/c1-9-84-79(85-10-2)88-38-17-15-24-60(70(104)94-62(41-49(5)6)71(105)93-61(25-16-18-39-89-80(86-11-3)87-12-4)78(112)99-40-20-26-68(99)77(111)90-50(7)69(82)103)92-73(107)64(44-53-30-35-59(102)36-31-53)97-76(110)67(48-100)98-75(109)66(46-55-21-19-37-83-47-55)96-74(108)65(43-52-28-33-58(81)34-29-52)95-72(106)63(91-51(8)101)45-54-27-32-56-22-13-14-23-57(56)42-54;1-2/h13-14,19,21-23,27-37,42,47,49-50,60-68,100,102H,9-12,15-18,20,24-26,38-41,43-46,48H2,1-8H3,(H2,82,103)(H,90,111)(H,91,101)(H,92,107)(H,93,105)(H,94,104)(H,95,106)(H,96,108)(H,97,110)(H,98,109)(H2,84,85,88)(H2,86,87,89);1-2H3/t50-,60-,61+,62+,63-,64+,65-,66-,67+,68+;/m1./s1. The Hall–Kier alpha value is -10.9. The Bertz CT molecular complexity index is 3970. The molecule has 1 aliphatic rings. The topological polar surface area (TPSA) is 451 Å². The van der Waals surface area contributed by atoms with Crippen LogP contribution in [0.2, 0.25) is 5.02 Å². The molecule has 6 rings (SSSR count). The minimum atomic E-state index is -1.82. The fourth-order valence-electron chi connectivity index (χ4n) is 12.7. The highest BCUT2D eigenvalue weighted by atomic mass is 35.5. The Morgan fingerprint density at radius 1 is 0.518 bits per heavy atom. The first-order valence-electron chi connectivity index (χ1n) is 39.6. The molecule has 11 amide bonds. The first-order valence-corrected chi connectivity index (χ1v) is 39.9. The van der Waals surface area contributed by atoms with Gasteiger partial charge in [-0.1, -0.05) is 112 Å². The summed E-state index contributed by atoms with van der Waals surface area (Å²) in [4.78, 5) is 172. The van der Waals surface area contributed by atoms with Gasteiger partial charge < -0.3 is 90.0 Å². The van der Waals surface area contributed by atoms with Crippen LogP contribution in [0, 0.1) is 5.92 Å². The molecule has 5 aromatic rings. The third-order valence-corrected chi connectivity index (χ3v) is 18.7. The van der Waals surface area contributed by atoms with Crippen molar-refractivity contribution in [3.05, 3.63) is 143 Å². The van der Waals surface area contributed by atoms with Gasteiger partial charge in [-0.25, -0.2) is 0 Å². The number of phenolic OH excluding ortho intramolecular Hbond substituents is 1. The van der Waals surface area contributed by atoms with Crippen molar-refractivity contribution in [1.82, 2.24) is 79.0 Å². The molecule has 17 N–H and O–H groups in total. The van der Waals surface area contributed by atoms with Gasteiger partial charge in [0.15, 0.2) is 11.9 Å². The van der Waals surface area contributed by atoms with Crippen molar-refractivity contribution in [2.75, 3.05) is 52.4 Å². The first-order chi connectivity index (χ1) is 54.7. The van der Waals surface area contributed by atoms with Gasteiger partial charge in [0.2, 0.25) is 65.0 Å². The summed E-state index contributed by atoms with van der Waals surface area (Å²) in [6.45, 7) is 20.3. The first kappa shape index (κ1) is 93.6. The number of aliphatic hydroxyl groups excluding tert-OH is 1. The summed E-state index contributed by atoms with van der Waals surface area (Å²) in [5.74, 6) is -7.72. The number of carbonyl (C=O) groups excluding carboxylic acids is 11. The number of unbranched alkanes of at least 4 members (excludes halogenated alkanes) is 2. The van der Waals surface area contributed by atoms with Crippen LogP contribution in [-0.2, 0) is 78.4 Å². The van der Waals surface area contributed by atoms with Crippen LogP contribution in [0.4, 0.5) is 0 Å². The van der Waals surface area contributed by atoms with Gasteiger partial charge in [0.05, 0.1) is 6.61 Å². The number of nitrogens with two attached hydrogens (primary N) is 1. The number of amides is 11. The van der Waals surface area contributed by atoms with Crippen LogP contribution < -0.4 is 74.9 Å². The Labute approximate surface area is 673 Å². The molecule has 1 aliphatic heterocycles. The summed E-state index contributed by atoms with van der Waals surface area (Å²) < 4.78 is 0. The van der Waals surface area contributed by atoms with Gasteiger partial charge in [0.25, 0.3) is 0 Å². The predicted octanol–water partition coefficient (Wildman–Crippen LogP) is 3.30. The second kappa shape index (κ2) is 50.2. The molecular weight excluding hydrogens is 1480 g/mol. The normalized spacial score (nSPS) is 14.6. The number of aliphatic hydroxyl groups is 1. The number of primary amides is 1. The molecule has 622 valence electrons. The Morgan fingerprint density at radius 2 is 0.956 bits per heavy atom. The van der Waals surface area contributed by atoms with E-state index in [0.29, 0.717) is 104 Å². The molecule has 0 radical (unpaired) electrons. The van der Waals surface area contributed by atoms with Crippen molar-refractivity contribution in [3.8, 4) is 5.75 Å². The lowest BCUT2D eigenvalue weighted by molar-refractivity contribution is -0.142. The van der Waals surface area contributed by atoms with Crippen LogP contribution in [0.25, 0.3) is 10.8 Å². The van der Waals surface area contributed by atoms with E-state index in [0.717, 1.165) is 10.8 Å². The highest BCUT2D eigenvalue weighted by Crippen LogP contribution is 2.23. The van der Waals surface area contributed by atoms with Crippen molar-refractivity contribution >= 4 is 99.3 Å². The number of nitrogens with one attached hydrogen (secondary N) is 13. The minimum Gasteiger partial charge on any atom is -0.508 e. The van der Waals surface area contributed by atoms with E-state index in [1.54, 1.807) is 36.4 Å². The highest BCUT2D eigenvalue weighted by molar-refractivity contribution is 6.30. The molecule has 1 saturated heterocycles. The fraction of sp³-hybridized carbons (Fsp3) is 0.512. The van der Waals surface area contributed by atoms with E-state index in [4.69, 9.17) is 17.3 Å². The number of halogens is 1. The number of hydrogen-bond donors (Lipinski definition) is 16. The summed E-state index contributed by atoms with van der Waals surface area (Å²) in [6, 6.07) is 15.3. The molecule has 1 aromatic heterocycles. The number of guanidine groups is 2. The van der Waals surface area contributed by atoms with E-state index >= 15 is 9.59 Å². The lowest BCUT2D eigenvalue weighted by atomic mass is 9.99. The molecular formula is C82H119ClN18O13. The molecule has 0 unspecified atom stereocenters. The van der Waals surface area contributed by atoms with Crippen LogP contribution in [0.15, 0.2) is 126 Å². The average Bonchev–Trinajstić information content (AvgIpc) is 1.14. The summed E-state index contributed by atoms with van der Waals surface area (Å²) in [6.07, 6.45) is 4.77. The molecule has 0 aliphatic carbocycles.